The Balaban J connectivity index is 1.67. The number of aromatic amines is 1. The first kappa shape index (κ1) is 16.8. The van der Waals surface area contributed by atoms with Crippen LogP contribution in [0, 0.1) is 0 Å². The number of carbonyl (C=O) groups is 2. The molecular formula is C16H15N5O3S. The monoisotopic (exact) mass is 357 g/mol. The highest BCUT2D eigenvalue weighted by Gasteiger charge is 2.18. The van der Waals surface area contributed by atoms with Gasteiger partial charge in [0, 0.05) is 17.0 Å². The summed E-state index contributed by atoms with van der Waals surface area (Å²) in [5, 5.41) is 14.9. The molecular weight excluding hydrogens is 342 g/mol. The largest absolute Gasteiger partial charge is 0.344 e. The van der Waals surface area contributed by atoms with Gasteiger partial charge in [-0.25, -0.2) is 10.1 Å². The molecule has 0 fully saturated rings. The summed E-state index contributed by atoms with van der Waals surface area (Å²) >= 11 is 1.29. The second-order valence-corrected chi connectivity index (χ2v) is 6.23. The minimum atomic E-state index is -0.731. The number of nitrogens with zero attached hydrogens (tertiary/aromatic N) is 2. The summed E-state index contributed by atoms with van der Waals surface area (Å²) in [6.45, 7) is 1.58. The number of hydrogen-bond acceptors (Lipinski definition) is 6. The first-order chi connectivity index (χ1) is 12.0. The Bertz CT molecular complexity index is 967. The summed E-state index contributed by atoms with van der Waals surface area (Å²) in [6, 6.07) is 6.19. The van der Waals surface area contributed by atoms with Gasteiger partial charge in [-0.3, -0.25) is 14.4 Å². The van der Waals surface area contributed by atoms with Crippen LogP contribution in [-0.4, -0.2) is 33.0 Å². The van der Waals surface area contributed by atoms with Crippen LogP contribution in [0.5, 0.6) is 0 Å². The van der Waals surface area contributed by atoms with E-state index in [0.29, 0.717) is 21.6 Å². The van der Waals surface area contributed by atoms with Gasteiger partial charge in [-0.1, -0.05) is 18.2 Å². The molecule has 0 saturated heterocycles. The first-order valence-corrected chi connectivity index (χ1v) is 8.38. The number of thiazole rings is 1. The molecule has 2 amide bonds. The van der Waals surface area contributed by atoms with E-state index in [1.807, 2.05) is 0 Å². The topological polar surface area (TPSA) is 117 Å². The molecule has 8 nitrogen and oxygen atoms in total. The Morgan fingerprint density at radius 3 is 2.76 bits per heavy atom. The summed E-state index contributed by atoms with van der Waals surface area (Å²) in [4.78, 5) is 40.0. The third-order valence-corrected chi connectivity index (χ3v) is 4.22. The molecule has 1 atom stereocenters. The Labute approximate surface area is 146 Å². The maximum atomic E-state index is 12.2. The summed E-state index contributed by atoms with van der Waals surface area (Å²) < 4.78 is 0. The third-order valence-electron chi connectivity index (χ3n) is 3.54. The number of amides is 2. The van der Waals surface area contributed by atoms with E-state index in [4.69, 9.17) is 0 Å². The molecule has 0 aliphatic heterocycles. The van der Waals surface area contributed by atoms with Crippen molar-refractivity contribution in [2.45, 2.75) is 19.4 Å². The van der Waals surface area contributed by atoms with Crippen LogP contribution in [0.25, 0.3) is 10.8 Å². The van der Waals surface area contributed by atoms with Crippen LogP contribution < -0.4 is 16.2 Å². The number of fused-ring (bicyclic) bond motifs is 1. The predicted molar refractivity (Wildman–Crippen MR) is 94.4 cm³/mol. The maximum Gasteiger partial charge on any atom is 0.272 e. The summed E-state index contributed by atoms with van der Waals surface area (Å²) in [7, 11) is 0. The highest BCUT2D eigenvalue weighted by atomic mass is 32.1. The molecule has 3 N–H and O–H groups in total. The van der Waals surface area contributed by atoms with Crippen LogP contribution in [0.4, 0.5) is 5.13 Å². The van der Waals surface area contributed by atoms with Crippen molar-refractivity contribution in [2.75, 3.05) is 5.32 Å². The molecule has 0 aliphatic rings. The quantitative estimate of drug-likeness (QED) is 0.631. The molecule has 3 aromatic rings. The van der Waals surface area contributed by atoms with Crippen LogP contribution >= 0.6 is 11.3 Å². The minimum Gasteiger partial charge on any atom is -0.344 e. The number of carbonyl (C=O) groups excluding carboxylic acids is 2. The molecule has 0 spiro atoms. The van der Waals surface area contributed by atoms with Crippen molar-refractivity contribution in [3.8, 4) is 0 Å². The molecule has 1 aromatic carbocycles. The molecule has 25 heavy (non-hydrogen) atoms. The molecule has 0 radical (unpaired) electrons. The van der Waals surface area contributed by atoms with Crippen molar-refractivity contribution in [1.29, 1.82) is 0 Å². The smallest absolute Gasteiger partial charge is 0.272 e. The van der Waals surface area contributed by atoms with Crippen molar-refractivity contribution >= 4 is 39.1 Å². The molecule has 2 aromatic heterocycles. The third kappa shape index (κ3) is 3.89. The fourth-order valence-corrected chi connectivity index (χ4v) is 2.85. The molecule has 3 rings (SSSR count). The van der Waals surface area contributed by atoms with Crippen molar-refractivity contribution in [3.63, 3.8) is 0 Å². The highest BCUT2D eigenvalue weighted by Crippen LogP contribution is 2.13. The molecule has 9 heteroatoms. The molecule has 2 heterocycles. The minimum absolute atomic E-state index is 0.0494. The van der Waals surface area contributed by atoms with E-state index < -0.39 is 6.04 Å². The first-order valence-electron chi connectivity index (χ1n) is 7.50. The second-order valence-electron chi connectivity index (χ2n) is 5.34. The maximum absolute atomic E-state index is 12.2. The number of benzene rings is 1. The molecule has 128 valence electrons. The fraction of sp³-hybridized carbons (Fsp3) is 0.188. The number of rotatable bonds is 5. The lowest BCUT2D eigenvalue weighted by Gasteiger charge is -2.13. The van der Waals surface area contributed by atoms with E-state index in [9.17, 15) is 14.4 Å². The number of hydrogen-bond donors (Lipinski definition) is 3. The van der Waals surface area contributed by atoms with Gasteiger partial charge in [0.05, 0.1) is 17.5 Å². The molecule has 0 aliphatic carbocycles. The Kier molecular flexibility index (Phi) is 4.85. The lowest BCUT2D eigenvalue weighted by atomic mass is 10.1. The van der Waals surface area contributed by atoms with Gasteiger partial charge in [-0.05, 0) is 13.0 Å². The highest BCUT2D eigenvalue weighted by molar-refractivity contribution is 7.13. The lowest BCUT2D eigenvalue weighted by molar-refractivity contribution is -0.125. The summed E-state index contributed by atoms with van der Waals surface area (Å²) in [5.41, 5.74) is 0.135. The van der Waals surface area contributed by atoms with Crippen LogP contribution in [0.1, 0.15) is 12.6 Å². The number of H-pyrrole nitrogens is 1. The number of anilines is 1. The number of nitrogens with one attached hydrogen (secondary N) is 3. The molecule has 0 unspecified atom stereocenters. The van der Waals surface area contributed by atoms with Crippen LogP contribution in [-0.2, 0) is 16.0 Å². The van der Waals surface area contributed by atoms with Crippen molar-refractivity contribution in [3.05, 3.63) is 51.9 Å². The van der Waals surface area contributed by atoms with Gasteiger partial charge in [0.25, 0.3) is 5.56 Å². The normalized spacial score (nSPS) is 11.9. The fourth-order valence-electron chi connectivity index (χ4n) is 2.32. The van der Waals surface area contributed by atoms with Gasteiger partial charge in [-0.2, -0.15) is 5.10 Å². The van der Waals surface area contributed by atoms with E-state index in [1.165, 1.54) is 11.3 Å². The zero-order valence-electron chi connectivity index (χ0n) is 13.3. The van der Waals surface area contributed by atoms with Crippen molar-refractivity contribution < 1.29 is 9.59 Å². The van der Waals surface area contributed by atoms with Gasteiger partial charge in [0.1, 0.15) is 6.04 Å². The SMILES string of the molecule is C[C@H](NC(=O)Cc1n[nH]c(=O)c2ccccc12)C(=O)Nc1nccs1. The van der Waals surface area contributed by atoms with Crippen LogP contribution in [0.3, 0.4) is 0 Å². The van der Waals surface area contributed by atoms with E-state index in [2.05, 4.69) is 25.8 Å². The van der Waals surface area contributed by atoms with E-state index in [-0.39, 0.29) is 23.8 Å². The van der Waals surface area contributed by atoms with Crippen LogP contribution in [0.2, 0.25) is 0 Å². The van der Waals surface area contributed by atoms with Gasteiger partial charge in [-0.15, -0.1) is 11.3 Å². The molecule has 0 bridgehead atoms. The Hall–Kier alpha value is -3.07. The van der Waals surface area contributed by atoms with Crippen molar-refractivity contribution in [1.82, 2.24) is 20.5 Å². The molecule has 0 saturated carbocycles. The predicted octanol–water partition coefficient (Wildman–Crippen LogP) is 1.07. The van der Waals surface area contributed by atoms with Gasteiger partial charge >= 0.3 is 0 Å². The standard InChI is InChI=1S/C16H15N5O3S/c1-9(14(23)19-16-17-6-7-25-16)18-13(22)8-12-10-4-2-3-5-11(10)15(24)21-20-12/h2-7,9H,8H2,1H3,(H,18,22)(H,21,24)(H,17,19,23)/t9-/m0/s1. The van der Waals surface area contributed by atoms with Gasteiger partial charge in [0.2, 0.25) is 11.8 Å². The van der Waals surface area contributed by atoms with Crippen molar-refractivity contribution in [2.24, 2.45) is 0 Å². The Morgan fingerprint density at radius 2 is 2.04 bits per heavy atom. The second kappa shape index (κ2) is 7.22. The average molecular weight is 357 g/mol. The number of aromatic nitrogens is 3. The average Bonchev–Trinajstić information content (AvgIpc) is 3.10. The van der Waals surface area contributed by atoms with Gasteiger partial charge < -0.3 is 10.6 Å². The zero-order valence-corrected chi connectivity index (χ0v) is 14.1. The van der Waals surface area contributed by atoms with Gasteiger partial charge in [0.15, 0.2) is 5.13 Å². The van der Waals surface area contributed by atoms with E-state index >= 15 is 0 Å². The summed E-state index contributed by atoms with van der Waals surface area (Å²) in [6.07, 6.45) is 1.53. The van der Waals surface area contributed by atoms with E-state index in [1.54, 1.807) is 42.8 Å². The lowest BCUT2D eigenvalue weighted by Crippen LogP contribution is -2.42. The van der Waals surface area contributed by atoms with Crippen LogP contribution in [0.15, 0.2) is 40.6 Å². The van der Waals surface area contributed by atoms with E-state index in [0.717, 1.165) is 0 Å². The summed E-state index contributed by atoms with van der Waals surface area (Å²) in [5.74, 6) is -0.728. The zero-order chi connectivity index (χ0) is 17.8. The Morgan fingerprint density at radius 1 is 1.28 bits per heavy atom.